The number of rotatable bonds is 3. The fraction of sp³-hybridized carbons (Fsp3) is 0.333. The molecule has 0 radical (unpaired) electrons. The first-order chi connectivity index (χ1) is 7.58. The second kappa shape index (κ2) is 4.23. The lowest BCUT2D eigenvalue weighted by atomic mass is 10.2. The number of furan rings is 1. The highest BCUT2D eigenvalue weighted by Gasteiger charge is 2.15. The Labute approximate surface area is 93.1 Å². The van der Waals surface area contributed by atoms with Gasteiger partial charge in [-0.2, -0.15) is 0 Å². The van der Waals surface area contributed by atoms with E-state index in [0.29, 0.717) is 17.7 Å². The molecule has 2 rings (SSSR count). The Morgan fingerprint density at radius 3 is 2.81 bits per heavy atom. The minimum absolute atomic E-state index is 0.204. The summed E-state index contributed by atoms with van der Waals surface area (Å²) >= 11 is 0. The van der Waals surface area contributed by atoms with Crippen LogP contribution in [0.2, 0.25) is 0 Å². The van der Waals surface area contributed by atoms with Crippen molar-refractivity contribution in [2.75, 3.05) is 20.6 Å². The molecule has 0 spiro atoms. The third-order valence-electron chi connectivity index (χ3n) is 2.38. The van der Waals surface area contributed by atoms with Crippen LogP contribution in [0.25, 0.3) is 11.0 Å². The predicted molar refractivity (Wildman–Crippen MR) is 59.7 cm³/mol. The van der Waals surface area contributed by atoms with Crippen molar-refractivity contribution in [3.8, 4) is 0 Å². The minimum Gasteiger partial charge on any atom is -0.455 e. The van der Waals surface area contributed by atoms with Gasteiger partial charge in [0.25, 0.3) is 0 Å². The summed E-state index contributed by atoms with van der Waals surface area (Å²) in [4.78, 5) is 1.84. The van der Waals surface area contributed by atoms with Gasteiger partial charge in [-0.05, 0) is 26.2 Å². The van der Waals surface area contributed by atoms with Gasteiger partial charge in [-0.25, -0.2) is 4.39 Å². The van der Waals surface area contributed by atoms with Gasteiger partial charge in [-0.3, -0.25) is 0 Å². The summed E-state index contributed by atoms with van der Waals surface area (Å²) in [6.07, 6.45) is -0.734. The molecule has 1 aromatic heterocycles. The Balaban J connectivity index is 2.36. The molecule has 2 aromatic rings. The number of aliphatic hydroxyl groups is 1. The van der Waals surface area contributed by atoms with Crippen molar-refractivity contribution in [2.45, 2.75) is 6.10 Å². The van der Waals surface area contributed by atoms with Crippen molar-refractivity contribution in [3.05, 3.63) is 35.8 Å². The molecule has 0 saturated carbocycles. The number of para-hydroxylation sites is 1. The SMILES string of the molecule is CN(C)CC(O)c1cc2cccc(F)c2o1. The molecule has 1 unspecified atom stereocenters. The molecule has 1 atom stereocenters. The van der Waals surface area contributed by atoms with Crippen LogP contribution in [-0.2, 0) is 0 Å². The van der Waals surface area contributed by atoms with Gasteiger partial charge < -0.3 is 14.4 Å². The standard InChI is InChI=1S/C12H14FNO2/c1-14(2)7-10(15)11-6-8-4-3-5-9(13)12(8)16-11/h3-6,10,15H,7H2,1-2H3. The number of benzene rings is 1. The van der Waals surface area contributed by atoms with E-state index < -0.39 is 11.9 Å². The number of nitrogens with zero attached hydrogens (tertiary/aromatic N) is 1. The Bertz CT molecular complexity index is 493. The van der Waals surface area contributed by atoms with Crippen molar-refractivity contribution in [1.29, 1.82) is 0 Å². The zero-order chi connectivity index (χ0) is 11.7. The minimum atomic E-state index is -0.734. The quantitative estimate of drug-likeness (QED) is 0.866. The Hall–Kier alpha value is -1.39. The summed E-state index contributed by atoms with van der Waals surface area (Å²) < 4.78 is 18.6. The third kappa shape index (κ3) is 2.08. The fourth-order valence-corrected chi connectivity index (χ4v) is 1.65. The van der Waals surface area contributed by atoms with Crippen molar-refractivity contribution in [1.82, 2.24) is 4.90 Å². The Kier molecular flexibility index (Phi) is 2.94. The van der Waals surface area contributed by atoms with E-state index >= 15 is 0 Å². The fourth-order valence-electron chi connectivity index (χ4n) is 1.65. The summed E-state index contributed by atoms with van der Waals surface area (Å²) in [7, 11) is 3.71. The molecular weight excluding hydrogens is 209 g/mol. The molecule has 1 heterocycles. The number of halogens is 1. The maximum absolute atomic E-state index is 13.3. The summed E-state index contributed by atoms with van der Waals surface area (Å²) in [5.74, 6) is -0.00500. The van der Waals surface area contributed by atoms with Crippen LogP contribution >= 0.6 is 0 Å². The highest BCUT2D eigenvalue weighted by molar-refractivity contribution is 5.78. The van der Waals surface area contributed by atoms with E-state index in [1.165, 1.54) is 6.07 Å². The summed E-state index contributed by atoms with van der Waals surface area (Å²) in [6, 6.07) is 6.39. The normalized spacial score (nSPS) is 13.6. The largest absolute Gasteiger partial charge is 0.455 e. The van der Waals surface area contributed by atoms with Crippen LogP contribution in [0.4, 0.5) is 4.39 Å². The van der Waals surface area contributed by atoms with E-state index in [9.17, 15) is 9.50 Å². The molecule has 1 aromatic carbocycles. The van der Waals surface area contributed by atoms with Gasteiger partial charge in [0, 0.05) is 11.9 Å². The zero-order valence-corrected chi connectivity index (χ0v) is 9.27. The summed E-state index contributed by atoms with van der Waals surface area (Å²) in [6.45, 7) is 0.446. The molecule has 0 aliphatic rings. The lowest BCUT2D eigenvalue weighted by Crippen LogP contribution is -2.19. The van der Waals surface area contributed by atoms with Crippen LogP contribution < -0.4 is 0 Å². The van der Waals surface area contributed by atoms with Gasteiger partial charge in [0.2, 0.25) is 0 Å². The zero-order valence-electron chi connectivity index (χ0n) is 9.27. The highest BCUT2D eigenvalue weighted by atomic mass is 19.1. The first-order valence-electron chi connectivity index (χ1n) is 5.08. The lowest BCUT2D eigenvalue weighted by molar-refractivity contribution is 0.117. The number of hydrogen-bond donors (Lipinski definition) is 1. The van der Waals surface area contributed by atoms with Crippen molar-refractivity contribution in [3.63, 3.8) is 0 Å². The molecule has 0 bridgehead atoms. The van der Waals surface area contributed by atoms with Crippen LogP contribution in [0.15, 0.2) is 28.7 Å². The molecule has 0 saturated heterocycles. The average Bonchev–Trinajstić information content (AvgIpc) is 2.61. The smallest absolute Gasteiger partial charge is 0.170 e. The second-order valence-electron chi connectivity index (χ2n) is 4.08. The molecule has 0 aliphatic heterocycles. The van der Waals surface area contributed by atoms with Crippen LogP contribution in [0.5, 0.6) is 0 Å². The maximum Gasteiger partial charge on any atom is 0.170 e. The van der Waals surface area contributed by atoms with Crippen LogP contribution in [0, 0.1) is 5.82 Å². The van der Waals surface area contributed by atoms with E-state index in [4.69, 9.17) is 4.42 Å². The molecule has 0 aliphatic carbocycles. The molecule has 86 valence electrons. The van der Waals surface area contributed by atoms with Gasteiger partial charge in [-0.1, -0.05) is 12.1 Å². The van der Waals surface area contributed by atoms with Crippen LogP contribution in [0.1, 0.15) is 11.9 Å². The number of fused-ring (bicyclic) bond motifs is 1. The number of aliphatic hydroxyl groups excluding tert-OH is 1. The number of hydrogen-bond acceptors (Lipinski definition) is 3. The van der Waals surface area contributed by atoms with Crippen molar-refractivity contribution in [2.24, 2.45) is 0 Å². The molecule has 0 amide bonds. The van der Waals surface area contributed by atoms with E-state index in [2.05, 4.69) is 0 Å². The molecule has 3 nitrogen and oxygen atoms in total. The summed E-state index contributed by atoms with van der Waals surface area (Å²) in [5, 5.41) is 10.5. The van der Waals surface area contributed by atoms with Crippen molar-refractivity contribution >= 4 is 11.0 Å². The molecular formula is C12H14FNO2. The van der Waals surface area contributed by atoms with Gasteiger partial charge >= 0.3 is 0 Å². The van der Waals surface area contributed by atoms with E-state index in [1.807, 2.05) is 19.0 Å². The predicted octanol–water partition coefficient (Wildman–Crippen LogP) is 2.17. The van der Waals surface area contributed by atoms with E-state index in [-0.39, 0.29) is 5.58 Å². The molecule has 1 N–H and O–H groups in total. The molecule has 16 heavy (non-hydrogen) atoms. The molecule has 0 fully saturated rings. The first-order valence-corrected chi connectivity index (χ1v) is 5.08. The third-order valence-corrected chi connectivity index (χ3v) is 2.38. The van der Waals surface area contributed by atoms with E-state index in [0.717, 1.165) is 0 Å². The molecule has 4 heteroatoms. The van der Waals surface area contributed by atoms with Crippen LogP contribution in [0.3, 0.4) is 0 Å². The average molecular weight is 223 g/mol. The second-order valence-corrected chi connectivity index (χ2v) is 4.08. The maximum atomic E-state index is 13.3. The van der Waals surface area contributed by atoms with E-state index in [1.54, 1.807) is 18.2 Å². The van der Waals surface area contributed by atoms with Gasteiger partial charge in [0.15, 0.2) is 11.4 Å². The summed E-state index contributed by atoms with van der Waals surface area (Å²) in [5.41, 5.74) is 0.204. The Morgan fingerprint density at radius 2 is 2.19 bits per heavy atom. The first kappa shape index (κ1) is 11.1. The van der Waals surface area contributed by atoms with Gasteiger partial charge in [-0.15, -0.1) is 0 Å². The van der Waals surface area contributed by atoms with Gasteiger partial charge in [0.1, 0.15) is 11.9 Å². The van der Waals surface area contributed by atoms with Crippen molar-refractivity contribution < 1.29 is 13.9 Å². The lowest BCUT2D eigenvalue weighted by Gasteiger charge is -2.13. The van der Waals surface area contributed by atoms with Gasteiger partial charge in [0.05, 0.1) is 0 Å². The highest BCUT2D eigenvalue weighted by Crippen LogP contribution is 2.26. The monoisotopic (exact) mass is 223 g/mol. The van der Waals surface area contributed by atoms with Crippen LogP contribution in [-0.4, -0.2) is 30.6 Å². The number of likely N-dealkylation sites (N-methyl/N-ethyl adjacent to an activating group) is 1. The Morgan fingerprint density at radius 1 is 1.44 bits per heavy atom. The topological polar surface area (TPSA) is 36.6 Å².